The molecule has 1 unspecified atom stereocenters. The van der Waals surface area contributed by atoms with Crippen LogP contribution in [0.3, 0.4) is 0 Å². The van der Waals surface area contributed by atoms with Crippen LogP contribution in [0.25, 0.3) is 0 Å². The normalized spacial score (nSPS) is 17.7. The van der Waals surface area contributed by atoms with Crippen LogP contribution in [0.5, 0.6) is 17.2 Å². The molecular formula is C22H38N4O3. The van der Waals surface area contributed by atoms with E-state index in [1.165, 1.54) is 38.9 Å². The number of nitrogens with zero attached hydrogens (tertiary/aromatic N) is 2. The fraction of sp³-hybridized carbons (Fsp3) is 0.682. The zero-order valence-corrected chi connectivity index (χ0v) is 18.7. The van der Waals surface area contributed by atoms with Crippen molar-refractivity contribution in [1.82, 2.24) is 15.5 Å². The van der Waals surface area contributed by atoms with E-state index in [1.807, 2.05) is 12.1 Å². The van der Waals surface area contributed by atoms with Gasteiger partial charge in [0.1, 0.15) is 0 Å². The maximum Gasteiger partial charge on any atom is 0.203 e. The van der Waals surface area contributed by atoms with Gasteiger partial charge in [-0.2, -0.15) is 0 Å². The molecule has 2 N–H and O–H groups in total. The zero-order chi connectivity index (χ0) is 21.1. The summed E-state index contributed by atoms with van der Waals surface area (Å²) in [6, 6.07) is 3.89. The summed E-state index contributed by atoms with van der Waals surface area (Å²) >= 11 is 0. The van der Waals surface area contributed by atoms with Crippen molar-refractivity contribution >= 4 is 5.96 Å². The topological polar surface area (TPSA) is 67.4 Å². The lowest BCUT2D eigenvalue weighted by Crippen LogP contribution is -2.38. The maximum atomic E-state index is 5.42. The van der Waals surface area contributed by atoms with Crippen molar-refractivity contribution in [3.8, 4) is 17.2 Å². The van der Waals surface area contributed by atoms with Gasteiger partial charge in [-0.05, 0) is 62.4 Å². The van der Waals surface area contributed by atoms with Crippen molar-refractivity contribution in [1.29, 1.82) is 0 Å². The van der Waals surface area contributed by atoms with E-state index in [0.29, 0.717) is 23.8 Å². The molecular weight excluding hydrogens is 368 g/mol. The van der Waals surface area contributed by atoms with Gasteiger partial charge >= 0.3 is 0 Å². The number of guanidine groups is 1. The van der Waals surface area contributed by atoms with Crippen molar-refractivity contribution in [3.05, 3.63) is 17.7 Å². The molecule has 0 spiro atoms. The lowest BCUT2D eigenvalue weighted by atomic mass is 10.0. The number of methoxy groups -OCH3 is 3. The summed E-state index contributed by atoms with van der Waals surface area (Å²) in [6.45, 7) is 7.60. The molecule has 0 radical (unpaired) electrons. The summed E-state index contributed by atoms with van der Waals surface area (Å²) < 4.78 is 16.2. The molecule has 164 valence electrons. The average Bonchev–Trinajstić information content (AvgIpc) is 2.74. The van der Waals surface area contributed by atoms with Crippen molar-refractivity contribution in [3.63, 3.8) is 0 Å². The molecule has 2 rings (SSSR count). The Kier molecular flexibility index (Phi) is 9.91. The number of aliphatic imine (C=N–C) groups is 1. The Morgan fingerprint density at radius 1 is 1.10 bits per heavy atom. The Morgan fingerprint density at radius 3 is 2.41 bits per heavy atom. The Hall–Kier alpha value is -2.15. The van der Waals surface area contributed by atoms with Crippen molar-refractivity contribution in [2.45, 2.75) is 39.2 Å². The molecule has 29 heavy (non-hydrogen) atoms. The van der Waals surface area contributed by atoms with Crippen molar-refractivity contribution < 1.29 is 14.2 Å². The van der Waals surface area contributed by atoms with Crippen LogP contribution in [0.4, 0.5) is 0 Å². The van der Waals surface area contributed by atoms with Gasteiger partial charge in [0.05, 0.1) is 21.3 Å². The zero-order valence-electron chi connectivity index (χ0n) is 18.7. The highest BCUT2D eigenvalue weighted by molar-refractivity contribution is 5.79. The van der Waals surface area contributed by atoms with Gasteiger partial charge in [-0.1, -0.05) is 6.92 Å². The molecule has 0 aromatic heterocycles. The SMILES string of the molecule is CN=C(NCCCCN1CCCC(C)C1)NCc1cc(OC)c(OC)c(OC)c1. The molecule has 1 aliphatic rings. The molecule has 1 aliphatic heterocycles. The second-order valence-corrected chi connectivity index (χ2v) is 7.64. The Labute approximate surface area is 175 Å². The van der Waals surface area contributed by atoms with Crippen LogP contribution in [0.1, 0.15) is 38.2 Å². The van der Waals surface area contributed by atoms with Gasteiger partial charge in [0.15, 0.2) is 17.5 Å². The van der Waals surface area contributed by atoms with Crippen LogP contribution in [0, 0.1) is 5.92 Å². The van der Waals surface area contributed by atoms with Crippen LogP contribution in [-0.4, -0.2) is 65.4 Å². The van der Waals surface area contributed by atoms with Gasteiger partial charge < -0.3 is 29.7 Å². The molecule has 1 aromatic carbocycles. The number of hydrogen-bond donors (Lipinski definition) is 2. The lowest BCUT2D eigenvalue weighted by Gasteiger charge is -2.30. The van der Waals surface area contributed by atoms with Crippen LogP contribution < -0.4 is 24.8 Å². The molecule has 1 saturated heterocycles. The van der Waals surface area contributed by atoms with Crippen LogP contribution in [-0.2, 0) is 6.54 Å². The quantitative estimate of drug-likeness (QED) is 0.354. The van der Waals surface area contributed by atoms with E-state index in [4.69, 9.17) is 14.2 Å². The number of likely N-dealkylation sites (tertiary alicyclic amines) is 1. The summed E-state index contributed by atoms with van der Waals surface area (Å²) in [6.07, 6.45) is 5.07. The maximum absolute atomic E-state index is 5.42. The Morgan fingerprint density at radius 2 is 1.83 bits per heavy atom. The van der Waals surface area contributed by atoms with Gasteiger partial charge in [0, 0.05) is 26.7 Å². The van der Waals surface area contributed by atoms with Gasteiger partial charge in [0.25, 0.3) is 0 Å². The number of piperidine rings is 1. The second kappa shape index (κ2) is 12.4. The van der Waals surface area contributed by atoms with Gasteiger partial charge in [-0.15, -0.1) is 0 Å². The standard InChI is InChI=1S/C22H38N4O3/c1-17-9-8-12-26(16-17)11-7-6-10-24-22(23-2)25-15-18-13-19(27-3)21(29-5)20(14-18)28-4/h13-14,17H,6-12,15-16H2,1-5H3,(H2,23,24,25). The van der Waals surface area contributed by atoms with E-state index in [2.05, 4.69) is 27.4 Å². The Balaban J connectivity index is 1.74. The van der Waals surface area contributed by atoms with Gasteiger partial charge in [-0.25, -0.2) is 0 Å². The molecule has 0 bridgehead atoms. The van der Waals surface area contributed by atoms with E-state index < -0.39 is 0 Å². The minimum absolute atomic E-state index is 0.601. The van der Waals surface area contributed by atoms with E-state index in [-0.39, 0.29) is 0 Å². The molecule has 1 atom stereocenters. The summed E-state index contributed by atoms with van der Waals surface area (Å²) in [5.41, 5.74) is 1.03. The van der Waals surface area contributed by atoms with Crippen LogP contribution in [0.15, 0.2) is 17.1 Å². The van der Waals surface area contributed by atoms with Crippen molar-refractivity contribution in [2.75, 3.05) is 54.6 Å². The highest BCUT2D eigenvalue weighted by Gasteiger charge is 2.15. The molecule has 0 aliphatic carbocycles. The van der Waals surface area contributed by atoms with Crippen molar-refractivity contribution in [2.24, 2.45) is 10.9 Å². The number of unbranched alkanes of at least 4 members (excludes halogenated alkanes) is 1. The predicted octanol–water partition coefficient (Wildman–Crippen LogP) is 2.89. The van der Waals surface area contributed by atoms with E-state index in [1.54, 1.807) is 28.4 Å². The summed E-state index contributed by atoms with van der Waals surface area (Å²) in [4.78, 5) is 6.92. The number of nitrogens with one attached hydrogen (secondary N) is 2. The van der Waals surface area contributed by atoms with Gasteiger partial charge in [0.2, 0.25) is 5.75 Å². The third kappa shape index (κ3) is 7.31. The third-order valence-electron chi connectivity index (χ3n) is 5.34. The molecule has 0 amide bonds. The van der Waals surface area contributed by atoms with Crippen LogP contribution >= 0.6 is 0 Å². The molecule has 7 heteroatoms. The van der Waals surface area contributed by atoms with E-state index in [9.17, 15) is 0 Å². The first-order chi connectivity index (χ1) is 14.1. The van der Waals surface area contributed by atoms with E-state index >= 15 is 0 Å². The largest absolute Gasteiger partial charge is 0.493 e. The summed E-state index contributed by atoms with van der Waals surface area (Å²) in [5.74, 6) is 3.55. The molecule has 1 fully saturated rings. The fourth-order valence-electron chi connectivity index (χ4n) is 3.80. The highest BCUT2D eigenvalue weighted by Crippen LogP contribution is 2.38. The Bertz CT molecular complexity index is 626. The highest BCUT2D eigenvalue weighted by atomic mass is 16.5. The third-order valence-corrected chi connectivity index (χ3v) is 5.34. The number of rotatable bonds is 10. The summed E-state index contributed by atoms with van der Waals surface area (Å²) in [7, 11) is 6.65. The first-order valence-electron chi connectivity index (χ1n) is 10.6. The molecule has 1 aromatic rings. The molecule has 0 saturated carbocycles. The molecule has 1 heterocycles. The second-order valence-electron chi connectivity index (χ2n) is 7.64. The average molecular weight is 407 g/mol. The number of benzene rings is 1. The molecule has 7 nitrogen and oxygen atoms in total. The van der Waals surface area contributed by atoms with Gasteiger partial charge in [-0.3, -0.25) is 4.99 Å². The minimum atomic E-state index is 0.601. The predicted molar refractivity (Wildman–Crippen MR) is 118 cm³/mol. The first-order valence-corrected chi connectivity index (χ1v) is 10.6. The smallest absolute Gasteiger partial charge is 0.203 e. The van der Waals surface area contributed by atoms with Crippen LogP contribution in [0.2, 0.25) is 0 Å². The fourth-order valence-corrected chi connectivity index (χ4v) is 3.80. The number of hydrogen-bond acceptors (Lipinski definition) is 5. The van der Waals surface area contributed by atoms with E-state index in [0.717, 1.165) is 30.4 Å². The number of ether oxygens (including phenoxy) is 3. The first kappa shape index (κ1) is 23.1. The lowest BCUT2D eigenvalue weighted by molar-refractivity contribution is 0.181. The summed E-state index contributed by atoms with van der Waals surface area (Å²) in [5, 5.41) is 6.75. The minimum Gasteiger partial charge on any atom is -0.493 e. The monoisotopic (exact) mass is 406 g/mol.